The Morgan fingerprint density at radius 2 is 1.80 bits per heavy atom. The van der Waals surface area contributed by atoms with Crippen molar-refractivity contribution < 1.29 is 9.59 Å². The molecule has 0 unspecified atom stereocenters. The number of rotatable bonds is 5. The highest BCUT2D eigenvalue weighted by Crippen LogP contribution is 2.31. The number of fused-ring (bicyclic) bond motifs is 1. The number of aromatic nitrogens is 1. The minimum Gasteiger partial charge on any atom is -0.349 e. The average Bonchev–Trinajstić information content (AvgIpc) is 3.56. The van der Waals surface area contributed by atoms with Gasteiger partial charge in [-0.3, -0.25) is 9.59 Å². The molecule has 1 aromatic heterocycles. The summed E-state index contributed by atoms with van der Waals surface area (Å²) in [5.41, 5.74) is 3.91. The minimum atomic E-state index is -0.000508. The van der Waals surface area contributed by atoms with E-state index in [9.17, 15) is 9.59 Å². The Balaban J connectivity index is 1.41. The number of carbonyl (C=O) groups excluding carboxylic acids is 2. The van der Waals surface area contributed by atoms with E-state index in [2.05, 4.69) is 34.7 Å². The summed E-state index contributed by atoms with van der Waals surface area (Å²) >= 11 is 0. The van der Waals surface area contributed by atoms with Gasteiger partial charge in [-0.15, -0.1) is 0 Å². The third-order valence-corrected chi connectivity index (χ3v) is 6.17. The van der Waals surface area contributed by atoms with Gasteiger partial charge in [-0.2, -0.15) is 0 Å². The van der Waals surface area contributed by atoms with Crippen molar-refractivity contribution in [3.63, 3.8) is 0 Å². The first kappa shape index (κ1) is 18.8. The van der Waals surface area contributed by atoms with Crippen molar-refractivity contribution >= 4 is 28.4 Å². The highest BCUT2D eigenvalue weighted by molar-refractivity contribution is 5.98. The van der Waals surface area contributed by atoms with E-state index in [4.69, 9.17) is 0 Å². The second-order valence-corrected chi connectivity index (χ2v) is 8.53. The zero-order valence-corrected chi connectivity index (χ0v) is 17.1. The van der Waals surface area contributed by atoms with Crippen LogP contribution in [-0.2, 0) is 4.79 Å². The molecule has 152 valence electrons. The molecule has 5 nitrogen and oxygen atoms in total. The third-order valence-electron chi connectivity index (χ3n) is 6.17. The van der Waals surface area contributed by atoms with Crippen LogP contribution >= 0.6 is 0 Å². The van der Waals surface area contributed by atoms with Crippen molar-refractivity contribution in [2.75, 3.05) is 5.32 Å². The molecule has 0 saturated heterocycles. The number of nitrogens with one attached hydrogen (secondary N) is 2. The Kier molecular flexibility index (Phi) is 4.74. The monoisotopic (exact) mass is 399 g/mol. The summed E-state index contributed by atoms with van der Waals surface area (Å²) in [7, 11) is 0. The Morgan fingerprint density at radius 1 is 0.967 bits per heavy atom. The fourth-order valence-electron chi connectivity index (χ4n) is 3.85. The maximum atomic E-state index is 12.6. The lowest BCUT2D eigenvalue weighted by Gasteiger charge is -2.26. The number of amides is 2. The van der Waals surface area contributed by atoms with Crippen LogP contribution in [-0.4, -0.2) is 22.8 Å². The van der Waals surface area contributed by atoms with Crippen molar-refractivity contribution in [3.8, 4) is 11.1 Å². The van der Waals surface area contributed by atoms with Gasteiger partial charge < -0.3 is 10.6 Å². The number of aryl methyl sites for hydroxylation is 1. The van der Waals surface area contributed by atoms with Crippen LogP contribution in [0.5, 0.6) is 0 Å². The van der Waals surface area contributed by atoms with Gasteiger partial charge in [0.15, 0.2) is 0 Å². The molecule has 2 amide bonds. The van der Waals surface area contributed by atoms with Gasteiger partial charge in [-0.05, 0) is 85.4 Å². The van der Waals surface area contributed by atoms with Crippen molar-refractivity contribution in [3.05, 3.63) is 59.8 Å². The molecule has 5 rings (SSSR count). The van der Waals surface area contributed by atoms with E-state index in [1.807, 2.05) is 30.3 Å². The topological polar surface area (TPSA) is 71.1 Å². The molecule has 0 radical (unpaired) electrons. The smallest absolute Gasteiger partial charge is 0.251 e. The van der Waals surface area contributed by atoms with Crippen molar-refractivity contribution in [1.29, 1.82) is 0 Å². The molecule has 1 heterocycles. The van der Waals surface area contributed by atoms with Crippen LogP contribution in [0.3, 0.4) is 0 Å². The minimum absolute atomic E-state index is 0.000508. The molecule has 5 heteroatoms. The van der Waals surface area contributed by atoms with Gasteiger partial charge >= 0.3 is 0 Å². The van der Waals surface area contributed by atoms with Gasteiger partial charge in [-0.1, -0.05) is 18.2 Å². The van der Waals surface area contributed by atoms with E-state index in [0.29, 0.717) is 17.4 Å². The van der Waals surface area contributed by atoms with E-state index in [1.54, 1.807) is 6.20 Å². The molecular formula is C25H25N3O2. The Morgan fingerprint density at radius 3 is 2.53 bits per heavy atom. The number of anilines is 1. The third kappa shape index (κ3) is 3.80. The summed E-state index contributed by atoms with van der Waals surface area (Å²) < 4.78 is 0. The van der Waals surface area contributed by atoms with Crippen LogP contribution in [0, 0.1) is 12.8 Å². The zero-order chi connectivity index (χ0) is 20.7. The van der Waals surface area contributed by atoms with E-state index < -0.39 is 0 Å². The molecule has 2 saturated carbocycles. The molecule has 0 bridgehead atoms. The van der Waals surface area contributed by atoms with E-state index in [-0.39, 0.29) is 17.7 Å². The summed E-state index contributed by atoms with van der Waals surface area (Å²) in [5.74, 6) is 0.810. The van der Waals surface area contributed by atoms with Crippen LogP contribution in [0.15, 0.2) is 48.7 Å². The molecule has 2 aromatic carbocycles. The summed E-state index contributed by atoms with van der Waals surface area (Å²) in [4.78, 5) is 29.0. The number of pyridine rings is 1. The largest absolute Gasteiger partial charge is 0.349 e. The normalized spacial score (nSPS) is 16.2. The van der Waals surface area contributed by atoms with Crippen molar-refractivity contribution in [2.45, 2.75) is 45.1 Å². The number of carbonyl (C=O) groups is 2. The first-order valence-corrected chi connectivity index (χ1v) is 10.7. The average molecular weight is 399 g/mol. The lowest BCUT2D eigenvalue weighted by Crippen LogP contribution is -2.39. The molecule has 2 aliphatic carbocycles. The van der Waals surface area contributed by atoms with Gasteiger partial charge in [0.1, 0.15) is 5.82 Å². The first-order chi connectivity index (χ1) is 14.6. The molecule has 2 fully saturated rings. The maximum Gasteiger partial charge on any atom is 0.251 e. The number of nitrogens with zero attached hydrogens (tertiary/aromatic N) is 1. The van der Waals surface area contributed by atoms with E-state index in [0.717, 1.165) is 53.1 Å². The molecule has 0 spiro atoms. The molecule has 2 aliphatic rings. The van der Waals surface area contributed by atoms with Gasteiger partial charge in [0.05, 0.1) is 0 Å². The van der Waals surface area contributed by atoms with Gasteiger partial charge in [0, 0.05) is 29.1 Å². The van der Waals surface area contributed by atoms with Crippen LogP contribution in [0.25, 0.3) is 21.9 Å². The van der Waals surface area contributed by atoms with E-state index >= 15 is 0 Å². The summed E-state index contributed by atoms with van der Waals surface area (Å²) in [6.07, 6.45) is 7.08. The van der Waals surface area contributed by atoms with Gasteiger partial charge in [0.2, 0.25) is 5.91 Å². The predicted molar refractivity (Wildman–Crippen MR) is 118 cm³/mol. The van der Waals surface area contributed by atoms with Crippen LogP contribution < -0.4 is 10.6 Å². The van der Waals surface area contributed by atoms with Crippen LogP contribution in [0.1, 0.15) is 48.0 Å². The lowest BCUT2D eigenvalue weighted by molar-refractivity contribution is -0.117. The highest BCUT2D eigenvalue weighted by atomic mass is 16.2. The Hall–Kier alpha value is -3.21. The summed E-state index contributed by atoms with van der Waals surface area (Å²) in [6.45, 7) is 2.06. The molecule has 0 atom stereocenters. The molecule has 2 N–H and O–H groups in total. The van der Waals surface area contributed by atoms with Crippen LogP contribution in [0.2, 0.25) is 0 Å². The zero-order valence-electron chi connectivity index (χ0n) is 17.1. The fourth-order valence-corrected chi connectivity index (χ4v) is 3.85. The Labute approximate surface area is 175 Å². The summed E-state index contributed by atoms with van der Waals surface area (Å²) in [5, 5.41) is 8.04. The SMILES string of the molecule is Cc1ccc(C(=O)NC2CCC2)cc1-c1ccc2cc(NC(=O)C3CC3)ncc2c1. The molecule has 0 aliphatic heterocycles. The van der Waals surface area contributed by atoms with Gasteiger partial charge in [0.25, 0.3) is 5.91 Å². The highest BCUT2D eigenvalue weighted by Gasteiger charge is 2.29. The van der Waals surface area contributed by atoms with E-state index in [1.165, 1.54) is 6.42 Å². The molecule has 3 aromatic rings. The molecule has 30 heavy (non-hydrogen) atoms. The number of benzene rings is 2. The standard InChI is InChI=1S/C25H25N3O2/c1-15-5-6-19(25(30)27-21-3-2-4-21)12-22(15)18-10-9-17-13-23(26-14-20(17)11-18)28-24(29)16-7-8-16/h5-6,9-14,16,21H,2-4,7-8H2,1H3,(H,27,30)(H,26,28,29). The fraction of sp³-hybridized carbons (Fsp3) is 0.320. The second kappa shape index (κ2) is 7.56. The second-order valence-electron chi connectivity index (χ2n) is 8.53. The predicted octanol–water partition coefficient (Wildman–Crippen LogP) is 4.84. The maximum absolute atomic E-state index is 12.6. The quantitative estimate of drug-likeness (QED) is 0.645. The summed E-state index contributed by atoms with van der Waals surface area (Å²) in [6, 6.07) is 14.3. The lowest BCUT2D eigenvalue weighted by atomic mass is 9.92. The Bertz CT molecular complexity index is 1150. The molecular weight excluding hydrogens is 374 g/mol. The first-order valence-electron chi connectivity index (χ1n) is 10.7. The van der Waals surface area contributed by atoms with Gasteiger partial charge in [-0.25, -0.2) is 4.98 Å². The van der Waals surface area contributed by atoms with Crippen molar-refractivity contribution in [2.24, 2.45) is 5.92 Å². The number of hydrogen-bond donors (Lipinski definition) is 2. The van der Waals surface area contributed by atoms with Crippen molar-refractivity contribution in [1.82, 2.24) is 10.3 Å². The number of hydrogen-bond acceptors (Lipinski definition) is 3. The van der Waals surface area contributed by atoms with Crippen LogP contribution in [0.4, 0.5) is 5.82 Å².